The SMILES string of the molecule is COc1cc(C2c3cc4c(cc3C(OC(=O)N(C)CCN(C)C)C3COC(=O)C23)OCO4)cc(OC)c1O. The summed E-state index contributed by atoms with van der Waals surface area (Å²) >= 11 is 0. The molecule has 1 amide bonds. The number of rotatable bonds is 7. The Balaban J connectivity index is 1.62. The molecule has 4 atom stereocenters. The van der Waals surface area contributed by atoms with E-state index < -0.39 is 35.9 Å². The Hall–Kier alpha value is -3.86. The lowest BCUT2D eigenvalue weighted by molar-refractivity contribution is -0.141. The fourth-order valence-electron chi connectivity index (χ4n) is 5.40. The number of phenolic OH excluding ortho intramolecular Hbond substituents is 1. The third-order valence-electron chi connectivity index (χ3n) is 7.40. The van der Waals surface area contributed by atoms with Crippen molar-refractivity contribution in [2.24, 2.45) is 11.8 Å². The van der Waals surface area contributed by atoms with Gasteiger partial charge in [-0.25, -0.2) is 4.79 Å². The van der Waals surface area contributed by atoms with Crippen LogP contribution in [0.4, 0.5) is 4.79 Å². The number of nitrogens with zero attached hydrogens (tertiary/aromatic N) is 2. The number of likely N-dealkylation sites (N-methyl/N-ethyl adjacent to an activating group) is 2. The van der Waals surface area contributed by atoms with Gasteiger partial charge in [0.2, 0.25) is 12.5 Å². The van der Waals surface area contributed by atoms with Crippen molar-refractivity contribution in [2.75, 3.05) is 61.9 Å². The molecule has 2 aliphatic heterocycles. The Labute approximate surface area is 220 Å². The molecule has 11 nitrogen and oxygen atoms in total. The Kier molecular flexibility index (Phi) is 6.87. The van der Waals surface area contributed by atoms with Crippen molar-refractivity contribution in [1.29, 1.82) is 0 Å². The highest BCUT2D eigenvalue weighted by molar-refractivity contribution is 5.79. The molecule has 0 bridgehead atoms. The fraction of sp³-hybridized carbons (Fsp3) is 0.481. The second kappa shape index (κ2) is 10.1. The van der Waals surface area contributed by atoms with Crippen LogP contribution >= 0.6 is 0 Å². The number of cyclic esters (lactones) is 1. The molecule has 1 fully saturated rings. The minimum atomic E-state index is -0.748. The van der Waals surface area contributed by atoms with Gasteiger partial charge in [-0.1, -0.05) is 0 Å². The van der Waals surface area contributed by atoms with Crippen molar-refractivity contribution < 1.29 is 43.1 Å². The van der Waals surface area contributed by atoms with Gasteiger partial charge in [-0.3, -0.25) is 4.79 Å². The van der Waals surface area contributed by atoms with Gasteiger partial charge in [-0.2, -0.15) is 0 Å². The number of hydrogen-bond donors (Lipinski definition) is 1. The van der Waals surface area contributed by atoms with Gasteiger partial charge in [-0.05, 0) is 49.5 Å². The molecule has 1 aliphatic carbocycles. The monoisotopic (exact) mass is 528 g/mol. The zero-order valence-electron chi connectivity index (χ0n) is 22.1. The summed E-state index contributed by atoms with van der Waals surface area (Å²) < 4.78 is 33.7. The smallest absolute Gasteiger partial charge is 0.410 e. The van der Waals surface area contributed by atoms with Crippen LogP contribution < -0.4 is 18.9 Å². The maximum atomic E-state index is 13.2. The molecule has 0 radical (unpaired) electrons. The van der Waals surface area contributed by atoms with E-state index >= 15 is 0 Å². The number of amides is 1. The lowest BCUT2D eigenvalue weighted by Gasteiger charge is -2.39. The molecule has 38 heavy (non-hydrogen) atoms. The lowest BCUT2D eigenvalue weighted by atomic mass is 9.66. The van der Waals surface area contributed by atoms with Gasteiger partial charge in [0.05, 0.1) is 26.7 Å². The van der Waals surface area contributed by atoms with E-state index in [1.54, 1.807) is 19.2 Å². The predicted molar refractivity (Wildman–Crippen MR) is 134 cm³/mol. The largest absolute Gasteiger partial charge is 0.502 e. The Morgan fingerprint density at radius 2 is 1.61 bits per heavy atom. The first-order chi connectivity index (χ1) is 18.2. The summed E-state index contributed by atoms with van der Waals surface area (Å²) in [5.74, 6) is -0.664. The third kappa shape index (κ3) is 4.40. The Morgan fingerprint density at radius 1 is 0.974 bits per heavy atom. The molecule has 1 saturated heterocycles. The van der Waals surface area contributed by atoms with Gasteiger partial charge in [0.15, 0.2) is 23.0 Å². The lowest BCUT2D eigenvalue weighted by Crippen LogP contribution is -2.40. The quantitative estimate of drug-likeness (QED) is 0.538. The van der Waals surface area contributed by atoms with Gasteiger partial charge >= 0.3 is 12.1 Å². The van der Waals surface area contributed by atoms with E-state index in [-0.39, 0.29) is 30.6 Å². The van der Waals surface area contributed by atoms with Crippen molar-refractivity contribution in [3.63, 3.8) is 0 Å². The van der Waals surface area contributed by atoms with Gasteiger partial charge in [0.25, 0.3) is 0 Å². The first-order valence-corrected chi connectivity index (χ1v) is 12.3. The zero-order chi connectivity index (χ0) is 27.1. The predicted octanol–water partition coefficient (Wildman–Crippen LogP) is 2.74. The summed E-state index contributed by atoms with van der Waals surface area (Å²) in [4.78, 5) is 29.8. The number of hydrogen-bond acceptors (Lipinski definition) is 10. The number of esters is 1. The number of aromatic hydroxyl groups is 1. The summed E-state index contributed by atoms with van der Waals surface area (Å²) in [6, 6.07) is 7.00. The summed E-state index contributed by atoms with van der Waals surface area (Å²) in [6.45, 7) is 1.31. The standard InChI is InChI=1S/C27H32N2O9/c1-28(2)6-7-29(3)27(32)38-25-16-11-19-18(36-13-37-19)10-15(16)22(23-17(25)12-35-26(23)31)14-8-20(33-4)24(30)21(9-14)34-5/h8-11,17,22-23,25,30H,6-7,12-13H2,1-5H3. The van der Waals surface area contributed by atoms with Crippen molar-refractivity contribution in [3.05, 3.63) is 41.0 Å². The molecule has 1 N–H and O–H groups in total. The zero-order valence-corrected chi connectivity index (χ0v) is 22.1. The van der Waals surface area contributed by atoms with Crippen LogP contribution in [0.2, 0.25) is 0 Å². The number of carbonyl (C=O) groups is 2. The van der Waals surface area contributed by atoms with Crippen molar-refractivity contribution in [1.82, 2.24) is 9.80 Å². The minimum Gasteiger partial charge on any atom is -0.502 e. The van der Waals surface area contributed by atoms with Crippen LogP contribution in [-0.4, -0.2) is 88.8 Å². The van der Waals surface area contributed by atoms with Gasteiger partial charge in [0.1, 0.15) is 6.10 Å². The van der Waals surface area contributed by atoms with Crippen molar-refractivity contribution in [3.8, 4) is 28.7 Å². The molecule has 0 aromatic heterocycles. The molecule has 0 saturated carbocycles. The highest BCUT2D eigenvalue weighted by Crippen LogP contribution is 2.56. The number of methoxy groups -OCH3 is 2. The molecule has 2 aromatic carbocycles. The molecule has 2 heterocycles. The maximum Gasteiger partial charge on any atom is 0.410 e. The third-order valence-corrected chi connectivity index (χ3v) is 7.40. The molecule has 5 rings (SSSR count). The first kappa shape index (κ1) is 25.8. The van der Waals surface area contributed by atoms with Crippen molar-refractivity contribution >= 4 is 12.1 Å². The number of phenols is 1. The second-order valence-electron chi connectivity index (χ2n) is 9.93. The fourth-order valence-corrected chi connectivity index (χ4v) is 5.40. The minimum absolute atomic E-state index is 0.0658. The summed E-state index contributed by atoms with van der Waals surface area (Å²) in [5.41, 5.74) is 2.12. The number of carbonyl (C=O) groups excluding carboxylic acids is 2. The number of fused-ring (bicyclic) bond motifs is 3. The van der Waals surface area contributed by atoms with E-state index in [0.717, 1.165) is 5.56 Å². The molecular weight excluding hydrogens is 496 g/mol. The Bertz CT molecular complexity index is 1220. The van der Waals surface area contributed by atoms with Gasteiger partial charge in [-0.15, -0.1) is 0 Å². The molecule has 0 spiro atoms. The Morgan fingerprint density at radius 3 is 2.21 bits per heavy atom. The van der Waals surface area contributed by atoms with E-state index in [1.807, 2.05) is 31.1 Å². The van der Waals surface area contributed by atoms with E-state index in [9.17, 15) is 14.7 Å². The molecule has 11 heteroatoms. The van der Waals surface area contributed by atoms with E-state index in [1.165, 1.54) is 19.1 Å². The summed E-state index contributed by atoms with van der Waals surface area (Å²) in [7, 11) is 8.43. The molecule has 2 aromatic rings. The topological polar surface area (TPSA) is 116 Å². The first-order valence-electron chi connectivity index (χ1n) is 12.3. The van der Waals surface area contributed by atoms with Gasteiger partial charge in [0, 0.05) is 37.5 Å². The number of benzene rings is 2. The van der Waals surface area contributed by atoms with Crippen LogP contribution in [0.5, 0.6) is 28.7 Å². The van der Waals surface area contributed by atoms with E-state index in [2.05, 4.69) is 0 Å². The van der Waals surface area contributed by atoms with Crippen LogP contribution in [0.25, 0.3) is 0 Å². The molecule has 4 unspecified atom stereocenters. The second-order valence-corrected chi connectivity index (χ2v) is 9.93. The molecule has 3 aliphatic rings. The molecular formula is C27H32N2O9. The van der Waals surface area contributed by atoms with Crippen LogP contribution in [0.1, 0.15) is 28.7 Å². The molecule has 204 valence electrons. The van der Waals surface area contributed by atoms with E-state index in [0.29, 0.717) is 35.7 Å². The maximum absolute atomic E-state index is 13.2. The average molecular weight is 529 g/mol. The van der Waals surface area contributed by atoms with Crippen LogP contribution in [0.15, 0.2) is 24.3 Å². The highest BCUT2D eigenvalue weighted by atomic mass is 16.7. The normalized spacial score (nSPS) is 22.9. The summed E-state index contributed by atoms with van der Waals surface area (Å²) in [5, 5.41) is 10.5. The number of ether oxygens (including phenoxy) is 6. The van der Waals surface area contributed by atoms with E-state index in [4.69, 9.17) is 28.4 Å². The highest BCUT2D eigenvalue weighted by Gasteiger charge is 2.54. The van der Waals surface area contributed by atoms with Crippen LogP contribution in [0.3, 0.4) is 0 Å². The average Bonchev–Trinajstić information content (AvgIpc) is 3.52. The van der Waals surface area contributed by atoms with Crippen LogP contribution in [0, 0.1) is 11.8 Å². The van der Waals surface area contributed by atoms with Crippen LogP contribution in [-0.2, 0) is 14.3 Å². The van der Waals surface area contributed by atoms with Crippen molar-refractivity contribution in [2.45, 2.75) is 12.0 Å². The summed E-state index contributed by atoms with van der Waals surface area (Å²) in [6.07, 6.45) is -1.24. The van der Waals surface area contributed by atoms with Gasteiger partial charge < -0.3 is 43.3 Å².